The standard InChI is InChI=1S/C34H39N5O5/c1-33(2)14-27(33)30(41)38-21-34(22-38)20-37(29(40)25(15-35)17-36-16-24-11-7-4-8-12-24)18-28(34)31(42)39-26(19-44-32(39)43)13-23-9-5-3-6-10-23/h3-12,15,17,26-28H,13-14,16,18-22,35H2,1-2H3/b25-15+,36-17?/t26-,27+,28-/m0/s1. The van der Waals surface area contributed by atoms with Crippen LogP contribution in [0, 0.1) is 22.7 Å². The fraction of sp³-hybridized carbons (Fsp3) is 0.441. The van der Waals surface area contributed by atoms with Gasteiger partial charge in [0.1, 0.15) is 6.61 Å². The Hall–Kier alpha value is -4.47. The van der Waals surface area contributed by atoms with Gasteiger partial charge in [-0.05, 0) is 29.4 Å². The monoisotopic (exact) mass is 597 g/mol. The Labute approximate surface area is 257 Å². The Bertz CT molecular complexity index is 1500. The molecule has 4 amide bonds. The average molecular weight is 598 g/mol. The molecular weight excluding hydrogens is 558 g/mol. The molecule has 10 nitrogen and oxygen atoms in total. The highest BCUT2D eigenvalue weighted by Gasteiger charge is 2.63. The smallest absolute Gasteiger partial charge is 0.416 e. The molecule has 3 aliphatic heterocycles. The molecule has 2 aromatic carbocycles. The highest BCUT2D eigenvalue weighted by molar-refractivity contribution is 6.12. The van der Waals surface area contributed by atoms with E-state index in [-0.39, 0.29) is 54.3 Å². The third kappa shape index (κ3) is 5.60. The Balaban J connectivity index is 1.21. The van der Waals surface area contributed by atoms with Crippen molar-refractivity contribution in [2.45, 2.75) is 39.3 Å². The molecule has 4 fully saturated rings. The molecule has 3 heterocycles. The number of carbonyl (C=O) groups excluding carboxylic acids is 4. The van der Waals surface area contributed by atoms with Crippen molar-refractivity contribution >= 4 is 30.0 Å². The van der Waals surface area contributed by atoms with Crippen molar-refractivity contribution in [1.29, 1.82) is 0 Å². The molecule has 3 atom stereocenters. The van der Waals surface area contributed by atoms with Crippen molar-refractivity contribution in [3.05, 3.63) is 83.6 Å². The van der Waals surface area contributed by atoms with Crippen LogP contribution in [-0.4, -0.2) is 83.6 Å². The number of rotatable bonds is 8. The molecule has 6 rings (SSSR count). The maximum Gasteiger partial charge on any atom is 0.416 e. The predicted molar refractivity (Wildman–Crippen MR) is 164 cm³/mol. The van der Waals surface area contributed by atoms with Crippen molar-refractivity contribution in [2.24, 2.45) is 33.4 Å². The number of cyclic esters (lactones) is 1. The summed E-state index contributed by atoms with van der Waals surface area (Å²) in [5.74, 6) is -1.30. The van der Waals surface area contributed by atoms with Crippen molar-refractivity contribution in [1.82, 2.24) is 14.7 Å². The van der Waals surface area contributed by atoms with Gasteiger partial charge in [-0.1, -0.05) is 74.5 Å². The van der Waals surface area contributed by atoms with E-state index in [9.17, 15) is 19.2 Å². The normalized spacial score (nSPS) is 25.3. The molecule has 10 heteroatoms. The Morgan fingerprint density at radius 3 is 2.16 bits per heavy atom. The number of likely N-dealkylation sites (tertiary alicyclic amines) is 2. The third-order valence-electron chi connectivity index (χ3n) is 9.65. The molecule has 0 bridgehead atoms. The quantitative estimate of drug-likeness (QED) is 0.368. The number of amides is 4. The van der Waals surface area contributed by atoms with Crippen LogP contribution in [0.3, 0.4) is 0 Å². The van der Waals surface area contributed by atoms with Crippen LogP contribution in [0.25, 0.3) is 0 Å². The molecule has 0 unspecified atom stereocenters. The lowest BCUT2D eigenvalue weighted by atomic mass is 9.70. The summed E-state index contributed by atoms with van der Waals surface area (Å²) in [5.41, 5.74) is 7.41. The highest BCUT2D eigenvalue weighted by atomic mass is 16.6. The third-order valence-corrected chi connectivity index (χ3v) is 9.65. The summed E-state index contributed by atoms with van der Waals surface area (Å²) in [6, 6.07) is 18.9. The highest BCUT2D eigenvalue weighted by Crippen LogP contribution is 2.55. The molecule has 4 aliphatic rings. The molecule has 2 aromatic rings. The van der Waals surface area contributed by atoms with Crippen LogP contribution in [0.4, 0.5) is 4.79 Å². The van der Waals surface area contributed by atoms with E-state index >= 15 is 0 Å². The van der Waals surface area contributed by atoms with Crippen LogP contribution in [-0.2, 0) is 32.1 Å². The van der Waals surface area contributed by atoms with Gasteiger partial charge in [-0.15, -0.1) is 0 Å². The molecule has 230 valence electrons. The zero-order valence-electron chi connectivity index (χ0n) is 25.2. The Morgan fingerprint density at radius 2 is 1.55 bits per heavy atom. The molecule has 1 spiro atoms. The van der Waals surface area contributed by atoms with E-state index in [4.69, 9.17) is 10.5 Å². The van der Waals surface area contributed by atoms with E-state index < -0.39 is 23.5 Å². The molecular formula is C34H39N5O5. The van der Waals surface area contributed by atoms with Crippen LogP contribution in [0.15, 0.2) is 77.4 Å². The van der Waals surface area contributed by atoms with Crippen molar-refractivity contribution in [3.63, 3.8) is 0 Å². The van der Waals surface area contributed by atoms with Gasteiger partial charge in [-0.3, -0.25) is 19.4 Å². The second kappa shape index (κ2) is 11.6. The lowest BCUT2D eigenvalue weighted by molar-refractivity contribution is -0.154. The van der Waals surface area contributed by atoms with Gasteiger partial charge in [0, 0.05) is 49.9 Å². The summed E-state index contributed by atoms with van der Waals surface area (Å²) in [6.07, 6.45) is 3.35. The lowest BCUT2D eigenvalue weighted by Gasteiger charge is -2.51. The van der Waals surface area contributed by atoms with E-state index in [0.29, 0.717) is 26.1 Å². The minimum Gasteiger partial charge on any atom is -0.447 e. The maximum atomic E-state index is 14.2. The first-order valence-electron chi connectivity index (χ1n) is 15.2. The van der Waals surface area contributed by atoms with E-state index in [1.54, 1.807) is 9.80 Å². The fourth-order valence-electron chi connectivity index (χ4n) is 6.88. The van der Waals surface area contributed by atoms with E-state index in [1.165, 1.54) is 17.3 Å². The fourth-order valence-corrected chi connectivity index (χ4v) is 6.88. The van der Waals surface area contributed by atoms with Crippen LogP contribution in [0.1, 0.15) is 31.4 Å². The summed E-state index contributed by atoms with van der Waals surface area (Å²) < 4.78 is 5.36. The second-order valence-electron chi connectivity index (χ2n) is 13.2. The minimum atomic E-state index is -0.674. The van der Waals surface area contributed by atoms with Gasteiger partial charge in [0.05, 0.1) is 24.1 Å². The molecule has 44 heavy (non-hydrogen) atoms. The van der Waals surface area contributed by atoms with E-state index in [2.05, 4.69) is 18.8 Å². The van der Waals surface area contributed by atoms with Crippen molar-refractivity contribution < 1.29 is 23.9 Å². The maximum absolute atomic E-state index is 14.2. The second-order valence-corrected chi connectivity index (χ2v) is 13.2. The van der Waals surface area contributed by atoms with Crippen molar-refractivity contribution in [3.8, 4) is 0 Å². The summed E-state index contributed by atoms with van der Waals surface area (Å²) in [6.45, 7) is 5.77. The number of imide groups is 1. The molecule has 0 radical (unpaired) electrons. The number of benzene rings is 2. The predicted octanol–water partition coefficient (Wildman–Crippen LogP) is 3.02. The van der Waals surface area contributed by atoms with Crippen LogP contribution in [0.2, 0.25) is 0 Å². The summed E-state index contributed by atoms with van der Waals surface area (Å²) in [4.78, 5) is 63.2. The van der Waals surface area contributed by atoms with E-state index in [0.717, 1.165) is 17.5 Å². The van der Waals surface area contributed by atoms with Crippen LogP contribution < -0.4 is 5.73 Å². The van der Waals surface area contributed by atoms with Gasteiger partial charge < -0.3 is 20.3 Å². The van der Waals surface area contributed by atoms with E-state index in [1.807, 2.05) is 60.7 Å². The number of carbonyl (C=O) groups is 4. The number of nitrogens with two attached hydrogens (primary N) is 1. The molecule has 3 saturated heterocycles. The van der Waals surface area contributed by atoms with Gasteiger partial charge in [-0.2, -0.15) is 0 Å². The number of hydrogen-bond acceptors (Lipinski definition) is 7. The molecule has 1 aliphatic carbocycles. The van der Waals surface area contributed by atoms with Crippen LogP contribution in [0.5, 0.6) is 0 Å². The zero-order valence-corrected chi connectivity index (χ0v) is 25.2. The molecule has 2 N–H and O–H groups in total. The van der Waals surface area contributed by atoms with Gasteiger partial charge in [0.15, 0.2) is 0 Å². The van der Waals surface area contributed by atoms with Gasteiger partial charge in [0.2, 0.25) is 11.8 Å². The van der Waals surface area contributed by atoms with Gasteiger partial charge in [0.25, 0.3) is 5.91 Å². The average Bonchev–Trinajstić information content (AvgIpc) is 3.29. The first-order valence-corrected chi connectivity index (χ1v) is 15.2. The summed E-state index contributed by atoms with van der Waals surface area (Å²) in [7, 11) is 0. The lowest BCUT2D eigenvalue weighted by Crippen LogP contribution is -2.65. The van der Waals surface area contributed by atoms with Crippen LogP contribution >= 0.6 is 0 Å². The zero-order chi connectivity index (χ0) is 31.1. The first kappa shape index (κ1) is 29.6. The Morgan fingerprint density at radius 1 is 0.932 bits per heavy atom. The van der Waals surface area contributed by atoms with Gasteiger partial charge in [-0.25, -0.2) is 9.69 Å². The SMILES string of the molecule is CC1(C)C[C@@H]1C(=O)N1CC2(CN(C(=O)/C(C=NCc3ccccc3)=C/N)C[C@H]2C(=O)N2C(=O)OC[C@@H]2Cc2ccccc2)C1. The first-order chi connectivity index (χ1) is 21.1. The number of aliphatic imine (C=N–C) groups is 1. The topological polar surface area (TPSA) is 126 Å². The number of ether oxygens (including phenoxy) is 1. The number of nitrogens with zero attached hydrogens (tertiary/aromatic N) is 4. The summed E-state index contributed by atoms with van der Waals surface area (Å²) >= 11 is 0. The van der Waals surface area contributed by atoms with Crippen molar-refractivity contribution in [2.75, 3.05) is 32.8 Å². The summed E-state index contributed by atoms with van der Waals surface area (Å²) in [5, 5.41) is 0. The number of hydrogen-bond donors (Lipinski definition) is 1. The minimum absolute atomic E-state index is 0.0173. The van der Waals surface area contributed by atoms with Gasteiger partial charge >= 0.3 is 6.09 Å². The Kier molecular flexibility index (Phi) is 7.77. The molecule has 0 aromatic heterocycles. The molecule has 1 saturated carbocycles. The largest absolute Gasteiger partial charge is 0.447 e.